The molecule has 4 heteroatoms. The zero-order valence-electron chi connectivity index (χ0n) is 7.55. The minimum atomic E-state index is -0.499. The van der Waals surface area contributed by atoms with E-state index in [2.05, 4.69) is 0 Å². The van der Waals surface area contributed by atoms with Crippen LogP contribution in [0.5, 0.6) is 0 Å². The van der Waals surface area contributed by atoms with E-state index < -0.39 is 6.10 Å². The predicted molar refractivity (Wildman–Crippen MR) is 58.8 cm³/mol. The molecule has 74 valence electrons. The third-order valence-corrected chi connectivity index (χ3v) is 3.70. The molecule has 1 nitrogen and oxygen atoms in total. The average Bonchev–Trinajstić information content (AvgIpc) is 2.42. The van der Waals surface area contributed by atoms with Gasteiger partial charge in [-0.05, 0) is 12.0 Å². The van der Waals surface area contributed by atoms with Crippen molar-refractivity contribution in [3.8, 4) is 0 Å². The van der Waals surface area contributed by atoms with Gasteiger partial charge in [0.2, 0.25) is 0 Å². The molecule has 1 aromatic heterocycles. The Bertz CT molecular complexity index is 285. The summed E-state index contributed by atoms with van der Waals surface area (Å²) in [5.74, 6) is 0.211. The van der Waals surface area contributed by atoms with Crippen molar-refractivity contribution in [3.05, 3.63) is 20.3 Å². The highest BCUT2D eigenvalue weighted by Gasteiger charge is 2.19. The zero-order valence-corrected chi connectivity index (χ0v) is 9.88. The van der Waals surface area contributed by atoms with Crippen molar-refractivity contribution < 1.29 is 5.11 Å². The van der Waals surface area contributed by atoms with Gasteiger partial charge in [-0.2, -0.15) is 0 Å². The summed E-state index contributed by atoms with van der Waals surface area (Å²) in [6.07, 6.45) is 0.423. The topological polar surface area (TPSA) is 20.2 Å². The number of thiophene rings is 1. The Balaban J connectivity index is 2.87. The van der Waals surface area contributed by atoms with Crippen LogP contribution in [0.25, 0.3) is 0 Å². The minimum Gasteiger partial charge on any atom is -0.388 e. The molecule has 2 atom stereocenters. The summed E-state index contributed by atoms with van der Waals surface area (Å²) in [6.45, 7) is 4.03. The first-order valence-corrected chi connectivity index (χ1v) is 5.76. The average molecular weight is 239 g/mol. The van der Waals surface area contributed by atoms with Gasteiger partial charge in [-0.25, -0.2) is 0 Å². The quantitative estimate of drug-likeness (QED) is 0.840. The van der Waals surface area contributed by atoms with Gasteiger partial charge in [0.25, 0.3) is 0 Å². The van der Waals surface area contributed by atoms with Crippen molar-refractivity contribution in [1.29, 1.82) is 0 Å². The molecule has 0 fully saturated rings. The zero-order chi connectivity index (χ0) is 10.0. The predicted octanol–water partition coefficient (Wildman–Crippen LogP) is 4.13. The number of aliphatic hydroxyl groups is 1. The van der Waals surface area contributed by atoms with Crippen LogP contribution in [0.4, 0.5) is 0 Å². The lowest BCUT2D eigenvalue weighted by Crippen LogP contribution is -2.07. The fraction of sp³-hybridized carbons (Fsp3) is 0.556. The first-order valence-electron chi connectivity index (χ1n) is 4.19. The Kier molecular flexibility index (Phi) is 4.05. The molecule has 0 saturated heterocycles. The molecule has 0 spiro atoms. The molecular formula is C9H12Cl2OS. The Morgan fingerprint density at radius 2 is 2.15 bits per heavy atom. The van der Waals surface area contributed by atoms with E-state index in [4.69, 9.17) is 23.2 Å². The van der Waals surface area contributed by atoms with Gasteiger partial charge in [0.15, 0.2) is 0 Å². The monoisotopic (exact) mass is 238 g/mol. The minimum absolute atomic E-state index is 0.211. The Labute approximate surface area is 92.3 Å². The summed E-state index contributed by atoms with van der Waals surface area (Å²) in [4.78, 5) is 0. The molecule has 0 radical (unpaired) electrons. The number of hydrogen-bond acceptors (Lipinski definition) is 2. The Morgan fingerprint density at radius 3 is 2.54 bits per heavy atom. The van der Waals surface area contributed by atoms with Crippen LogP contribution in [0.15, 0.2) is 6.07 Å². The maximum absolute atomic E-state index is 9.85. The summed E-state index contributed by atoms with van der Waals surface area (Å²) >= 11 is 13.0. The summed E-state index contributed by atoms with van der Waals surface area (Å²) in [5.41, 5.74) is 0.756. The van der Waals surface area contributed by atoms with Crippen LogP contribution < -0.4 is 0 Å². The summed E-state index contributed by atoms with van der Waals surface area (Å²) in [7, 11) is 0. The molecule has 0 saturated carbocycles. The first kappa shape index (κ1) is 11.3. The second-order valence-electron chi connectivity index (χ2n) is 3.11. The van der Waals surface area contributed by atoms with Crippen molar-refractivity contribution in [2.24, 2.45) is 5.92 Å². The molecule has 2 unspecified atom stereocenters. The van der Waals surface area contributed by atoms with Crippen molar-refractivity contribution >= 4 is 34.5 Å². The van der Waals surface area contributed by atoms with Gasteiger partial charge in [-0.15, -0.1) is 11.3 Å². The van der Waals surface area contributed by atoms with Crippen LogP contribution in [0, 0.1) is 5.92 Å². The lowest BCUT2D eigenvalue weighted by atomic mass is 9.97. The second-order valence-corrected chi connectivity index (χ2v) is 5.40. The van der Waals surface area contributed by atoms with Gasteiger partial charge in [-0.3, -0.25) is 0 Å². The first-order chi connectivity index (χ1) is 6.06. The molecule has 0 aromatic carbocycles. The summed E-state index contributed by atoms with van der Waals surface area (Å²) in [5, 5.41) is 9.85. The molecule has 1 aromatic rings. The number of halogens is 2. The van der Waals surface area contributed by atoms with E-state index in [9.17, 15) is 5.11 Å². The highest BCUT2D eigenvalue weighted by atomic mass is 35.5. The van der Waals surface area contributed by atoms with Gasteiger partial charge in [0, 0.05) is 5.56 Å². The van der Waals surface area contributed by atoms with Crippen molar-refractivity contribution in [2.75, 3.05) is 0 Å². The SMILES string of the molecule is CCC(C)C(O)c1cc(Cl)sc1Cl. The molecule has 0 aliphatic rings. The second kappa shape index (κ2) is 4.65. The van der Waals surface area contributed by atoms with Gasteiger partial charge < -0.3 is 5.11 Å². The molecule has 0 aliphatic heterocycles. The largest absolute Gasteiger partial charge is 0.388 e. The van der Waals surface area contributed by atoms with E-state index in [0.29, 0.717) is 8.67 Å². The number of hydrogen-bond donors (Lipinski definition) is 1. The van der Waals surface area contributed by atoms with Gasteiger partial charge in [-0.1, -0.05) is 43.5 Å². The molecule has 13 heavy (non-hydrogen) atoms. The standard InChI is InChI=1S/C9H12Cl2OS/c1-3-5(2)8(12)6-4-7(10)13-9(6)11/h4-5,8,12H,3H2,1-2H3. The van der Waals surface area contributed by atoms with Crippen molar-refractivity contribution in [2.45, 2.75) is 26.4 Å². The van der Waals surface area contributed by atoms with Crippen molar-refractivity contribution in [1.82, 2.24) is 0 Å². The van der Waals surface area contributed by atoms with Crippen LogP contribution in [0.2, 0.25) is 8.67 Å². The van der Waals surface area contributed by atoms with E-state index in [1.165, 1.54) is 11.3 Å². The van der Waals surface area contributed by atoms with E-state index >= 15 is 0 Å². The smallest absolute Gasteiger partial charge is 0.100 e. The van der Waals surface area contributed by atoms with Gasteiger partial charge in [0.05, 0.1) is 10.4 Å². The van der Waals surface area contributed by atoms with E-state index in [1.807, 2.05) is 13.8 Å². The molecule has 0 bridgehead atoms. The normalized spacial score (nSPS) is 15.8. The van der Waals surface area contributed by atoms with E-state index in [0.717, 1.165) is 12.0 Å². The van der Waals surface area contributed by atoms with Gasteiger partial charge >= 0.3 is 0 Å². The highest BCUT2D eigenvalue weighted by Crippen LogP contribution is 2.37. The van der Waals surface area contributed by atoms with E-state index in [-0.39, 0.29) is 5.92 Å². The molecule has 1 rings (SSSR count). The van der Waals surface area contributed by atoms with Crippen molar-refractivity contribution in [3.63, 3.8) is 0 Å². The molecular weight excluding hydrogens is 227 g/mol. The third-order valence-electron chi connectivity index (χ3n) is 2.18. The molecule has 1 heterocycles. The Hall–Kier alpha value is 0.240. The maximum Gasteiger partial charge on any atom is 0.100 e. The number of aliphatic hydroxyl groups excluding tert-OH is 1. The highest BCUT2D eigenvalue weighted by molar-refractivity contribution is 7.20. The van der Waals surface area contributed by atoms with Crippen LogP contribution >= 0.6 is 34.5 Å². The molecule has 1 N–H and O–H groups in total. The summed E-state index contributed by atoms with van der Waals surface area (Å²) in [6, 6.07) is 1.74. The van der Waals surface area contributed by atoms with Crippen LogP contribution in [-0.4, -0.2) is 5.11 Å². The fourth-order valence-corrected chi connectivity index (χ4v) is 2.62. The molecule has 0 amide bonds. The Morgan fingerprint density at radius 1 is 1.54 bits per heavy atom. The van der Waals surface area contributed by atoms with Crippen LogP contribution in [-0.2, 0) is 0 Å². The van der Waals surface area contributed by atoms with Gasteiger partial charge in [0.1, 0.15) is 4.34 Å². The van der Waals surface area contributed by atoms with Crippen LogP contribution in [0.1, 0.15) is 31.9 Å². The maximum atomic E-state index is 9.85. The van der Waals surface area contributed by atoms with E-state index in [1.54, 1.807) is 6.07 Å². The number of rotatable bonds is 3. The lowest BCUT2D eigenvalue weighted by molar-refractivity contribution is 0.116. The molecule has 0 aliphatic carbocycles. The van der Waals surface area contributed by atoms with Crippen LogP contribution in [0.3, 0.4) is 0 Å². The summed E-state index contributed by atoms with van der Waals surface area (Å²) < 4.78 is 1.22. The third kappa shape index (κ3) is 2.59. The fourth-order valence-electron chi connectivity index (χ4n) is 1.08. The lowest BCUT2D eigenvalue weighted by Gasteiger charge is -2.16.